The average Bonchev–Trinajstić information content (AvgIpc) is 2.68. The summed E-state index contributed by atoms with van der Waals surface area (Å²) >= 11 is 0. The molecule has 1 aliphatic rings. The number of aryl methyl sites for hydroxylation is 1. The van der Waals surface area contributed by atoms with Crippen LogP contribution in [0.2, 0.25) is 0 Å². The molecule has 0 saturated carbocycles. The monoisotopic (exact) mass is 352 g/mol. The lowest BCUT2D eigenvalue weighted by atomic mass is 10.1. The Labute approximate surface area is 154 Å². The number of nitrogens with zero attached hydrogens (tertiary/aromatic N) is 2. The second kappa shape index (κ2) is 8.04. The van der Waals surface area contributed by atoms with Gasteiger partial charge in [-0.1, -0.05) is 35.9 Å². The van der Waals surface area contributed by atoms with Crippen LogP contribution in [0.15, 0.2) is 48.5 Å². The Kier molecular flexibility index (Phi) is 5.56. The first-order valence-electron chi connectivity index (χ1n) is 8.84. The Hall–Kier alpha value is -2.82. The number of carbonyl (C=O) groups is 2. The van der Waals surface area contributed by atoms with Crippen molar-refractivity contribution < 1.29 is 14.3 Å². The lowest BCUT2D eigenvalue weighted by Crippen LogP contribution is -2.51. The van der Waals surface area contributed by atoms with Crippen molar-refractivity contribution in [3.05, 3.63) is 65.2 Å². The summed E-state index contributed by atoms with van der Waals surface area (Å²) in [5.41, 5.74) is 2.67. The van der Waals surface area contributed by atoms with Gasteiger partial charge in [0.25, 0.3) is 5.91 Å². The zero-order valence-corrected chi connectivity index (χ0v) is 15.3. The van der Waals surface area contributed by atoms with Crippen molar-refractivity contribution in [1.29, 1.82) is 0 Å². The highest BCUT2D eigenvalue weighted by Gasteiger charge is 2.25. The highest BCUT2D eigenvalue weighted by Crippen LogP contribution is 2.19. The number of carbonyl (C=O) groups excluding carboxylic acids is 2. The van der Waals surface area contributed by atoms with Crippen molar-refractivity contribution in [3.8, 4) is 5.75 Å². The average molecular weight is 352 g/mol. The van der Waals surface area contributed by atoms with Crippen molar-refractivity contribution in [1.82, 2.24) is 9.80 Å². The molecular weight excluding hydrogens is 328 g/mol. The van der Waals surface area contributed by atoms with Gasteiger partial charge < -0.3 is 14.5 Å². The van der Waals surface area contributed by atoms with Crippen LogP contribution in [-0.2, 0) is 11.2 Å². The molecule has 5 heteroatoms. The fourth-order valence-corrected chi connectivity index (χ4v) is 3.24. The fraction of sp³-hybridized carbons (Fsp3) is 0.333. The lowest BCUT2D eigenvalue weighted by molar-refractivity contribution is -0.131. The molecule has 0 bridgehead atoms. The molecule has 0 N–H and O–H groups in total. The van der Waals surface area contributed by atoms with Crippen LogP contribution in [0.5, 0.6) is 5.75 Å². The smallest absolute Gasteiger partial charge is 0.253 e. The first-order valence-corrected chi connectivity index (χ1v) is 8.84. The molecule has 0 unspecified atom stereocenters. The minimum Gasteiger partial charge on any atom is -0.496 e. The minimum atomic E-state index is 0.0329. The topological polar surface area (TPSA) is 49.9 Å². The third kappa shape index (κ3) is 4.04. The molecule has 5 nitrogen and oxygen atoms in total. The summed E-state index contributed by atoms with van der Waals surface area (Å²) < 4.78 is 5.32. The number of hydrogen-bond acceptors (Lipinski definition) is 3. The van der Waals surface area contributed by atoms with Gasteiger partial charge in [-0.2, -0.15) is 0 Å². The summed E-state index contributed by atoms with van der Waals surface area (Å²) in [6, 6.07) is 15.2. The van der Waals surface area contributed by atoms with Gasteiger partial charge in [0, 0.05) is 37.3 Å². The highest BCUT2D eigenvalue weighted by atomic mass is 16.5. The molecule has 0 aromatic heterocycles. The lowest BCUT2D eigenvalue weighted by Gasteiger charge is -2.35. The van der Waals surface area contributed by atoms with Crippen LogP contribution < -0.4 is 4.74 Å². The SMILES string of the molecule is COc1ccccc1CC(=O)N1CCN(C(=O)c2cccc(C)c2)CC1. The van der Waals surface area contributed by atoms with Crippen molar-refractivity contribution in [2.24, 2.45) is 0 Å². The van der Waals surface area contributed by atoms with Gasteiger partial charge >= 0.3 is 0 Å². The Morgan fingerprint density at radius 3 is 2.35 bits per heavy atom. The van der Waals surface area contributed by atoms with Gasteiger partial charge in [-0.25, -0.2) is 0 Å². The molecule has 1 aliphatic heterocycles. The van der Waals surface area contributed by atoms with Crippen molar-refractivity contribution in [2.45, 2.75) is 13.3 Å². The third-order valence-electron chi connectivity index (χ3n) is 4.72. The first kappa shape index (κ1) is 18.0. The molecule has 0 atom stereocenters. The molecule has 0 spiro atoms. The van der Waals surface area contributed by atoms with E-state index in [0.717, 1.165) is 16.9 Å². The Balaban J connectivity index is 1.58. The zero-order chi connectivity index (χ0) is 18.5. The number of amides is 2. The van der Waals surface area contributed by atoms with Crippen molar-refractivity contribution in [2.75, 3.05) is 33.3 Å². The molecule has 2 aromatic rings. The van der Waals surface area contributed by atoms with Gasteiger partial charge in [-0.05, 0) is 25.1 Å². The van der Waals surface area contributed by atoms with Crippen LogP contribution in [0.4, 0.5) is 0 Å². The molecule has 2 amide bonds. The second-order valence-electron chi connectivity index (χ2n) is 6.53. The molecule has 1 heterocycles. The summed E-state index contributed by atoms with van der Waals surface area (Å²) in [6.45, 7) is 4.22. The number of hydrogen-bond donors (Lipinski definition) is 0. The maximum absolute atomic E-state index is 12.6. The van der Waals surface area contributed by atoms with E-state index in [4.69, 9.17) is 4.74 Å². The number of benzene rings is 2. The van der Waals surface area contributed by atoms with Crippen LogP contribution in [0.3, 0.4) is 0 Å². The van der Waals surface area contributed by atoms with Crippen molar-refractivity contribution in [3.63, 3.8) is 0 Å². The Morgan fingerprint density at radius 2 is 1.65 bits per heavy atom. The van der Waals surface area contributed by atoms with Gasteiger partial charge in [0.15, 0.2) is 0 Å². The van der Waals surface area contributed by atoms with E-state index in [9.17, 15) is 9.59 Å². The van der Waals surface area contributed by atoms with E-state index in [1.165, 1.54) is 0 Å². The number of ether oxygens (including phenoxy) is 1. The summed E-state index contributed by atoms with van der Waals surface area (Å²) in [7, 11) is 1.61. The number of methoxy groups -OCH3 is 1. The summed E-state index contributed by atoms with van der Waals surface area (Å²) in [5, 5.41) is 0. The van der Waals surface area contributed by atoms with Gasteiger partial charge in [0.2, 0.25) is 5.91 Å². The molecule has 26 heavy (non-hydrogen) atoms. The van der Waals surface area contributed by atoms with E-state index in [-0.39, 0.29) is 11.8 Å². The molecule has 1 saturated heterocycles. The standard InChI is InChI=1S/C21H24N2O3/c1-16-6-5-8-18(14-16)21(25)23-12-10-22(11-13-23)20(24)15-17-7-3-4-9-19(17)26-2/h3-9,14H,10-13,15H2,1-2H3. The predicted molar refractivity (Wildman–Crippen MR) is 100 cm³/mol. The fourth-order valence-electron chi connectivity index (χ4n) is 3.24. The van der Waals surface area contributed by atoms with Gasteiger partial charge in [0.1, 0.15) is 5.75 Å². The number of piperazine rings is 1. The first-order chi connectivity index (χ1) is 12.6. The van der Waals surface area contributed by atoms with Crippen LogP contribution in [-0.4, -0.2) is 54.9 Å². The number of para-hydroxylation sites is 1. The van der Waals surface area contributed by atoms with E-state index in [2.05, 4.69) is 0 Å². The van der Waals surface area contributed by atoms with E-state index in [1.54, 1.807) is 7.11 Å². The summed E-state index contributed by atoms with van der Waals surface area (Å²) in [4.78, 5) is 28.8. The quantitative estimate of drug-likeness (QED) is 0.850. The Bertz CT molecular complexity index is 795. The summed E-state index contributed by atoms with van der Waals surface area (Å²) in [5.74, 6) is 0.830. The number of rotatable bonds is 4. The van der Waals surface area contributed by atoms with E-state index in [1.807, 2.05) is 65.3 Å². The third-order valence-corrected chi connectivity index (χ3v) is 4.72. The summed E-state index contributed by atoms with van der Waals surface area (Å²) in [6.07, 6.45) is 0.315. The Morgan fingerprint density at radius 1 is 0.962 bits per heavy atom. The van der Waals surface area contributed by atoms with Crippen LogP contribution in [0, 0.1) is 6.92 Å². The zero-order valence-electron chi connectivity index (χ0n) is 15.3. The molecule has 0 radical (unpaired) electrons. The van der Waals surface area contributed by atoms with E-state index >= 15 is 0 Å². The highest BCUT2D eigenvalue weighted by molar-refractivity contribution is 5.94. The minimum absolute atomic E-state index is 0.0329. The van der Waals surface area contributed by atoms with Gasteiger partial charge in [0.05, 0.1) is 13.5 Å². The second-order valence-corrected chi connectivity index (χ2v) is 6.53. The predicted octanol–water partition coefficient (Wildman–Crippen LogP) is 2.53. The van der Waals surface area contributed by atoms with Crippen LogP contribution >= 0.6 is 0 Å². The molecule has 136 valence electrons. The molecular formula is C21H24N2O3. The van der Waals surface area contributed by atoms with Crippen molar-refractivity contribution >= 4 is 11.8 Å². The maximum atomic E-state index is 12.6. The van der Waals surface area contributed by atoms with E-state index in [0.29, 0.717) is 38.2 Å². The van der Waals surface area contributed by atoms with Crippen LogP contribution in [0.25, 0.3) is 0 Å². The molecule has 0 aliphatic carbocycles. The van der Waals surface area contributed by atoms with Gasteiger partial charge in [-0.15, -0.1) is 0 Å². The van der Waals surface area contributed by atoms with Crippen LogP contribution in [0.1, 0.15) is 21.5 Å². The molecule has 1 fully saturated rings. The normalized spacial score (nSPS) is 14.2. The maximum Gasteiger partial charge on any atom is 0.253 e. The largest absolute Gasteiger partial charge is 0.496 e. The van der Waals surface area contributed by atoms with E-state index < -0.39 is 0 Å². The molecule has 3 rings (SSSR count). The molecule has 2 aromatic carbocycles. The van der Waals surface area contributed by atoms with Gasteiger partial charge in [-0.3, -0.25) is 9.59 Å².